The van der Waals surface area contributed by atoms with Crippen molar-refractivity contribution in [1.82, 2.24) is 10.2 Å². The molecule has 0 spiro atoms. The molecule has 2 atom stereocenters. The van der Waals surface area contributed by atoms with Gasteiger partial charge in [0, 0.05) is 41.1 Å². The number of benzene rings is 1. The summed E-state index contributed by atoms with van der Waals surface area (Å²) in [7, 11) is 0. The Bertz CT molecular complexity index is 715. The van der Waals surface area contributed by atoms with Gasteiger partial charge in [0.15, 0.2) is 0 Å². The molecular formula is C18H21ClN2OS. The molecule has 4 fully saturated rings. The second-order valence-corrected chi connectivity index (χ2v) is 8.13. The van der Waals surface area contributed by atoms with E-state index in [1.54, 1.807) is 11.3 Å². The van der Waals surface area contributed by atoms with Crippen molar-refractivity contribution in [2.75, 3.05) is 19.6 Å². The number of fused-ring (bicyclic) bond motifs is 1. The van der Waals surface area contributed by atoms with Gasteiger partial charge in [0.25, 0.3) is 5.91 Å². The van der Waals surface area contributed by atoms with Crippen LogP contribution in [-0.2, 0) is 0 Å². The molecular weight excluding hydrogens is 328 g/mol. The van der Waals surface area contributed by atoms with E-state index in [1.807, 2.05) is 17.5 Å². The van der Waals surface area contributed by atoms with Gasteiger partial charge >= 0.3 is 0 Å². The molecule has 1 saturated carbocycles. The van der Waals surface area contributed by atoms with Crippen LogP contribution in [0.15, 0.2) is 29.6 Å². The fourth-order valence-corrected chi connectivity index (χ4v) is 5.97. The van der Waals surface area contributed by atoms with Gasteiger partial charge in [-0.15, -0.1) is 23.7 Å². The molecule has 1 aromatic heterocycles. The summed E-state index contributed by atoms with van der Waals surface area (Å²) in [5.74, 6) is 2.35. The normalized spacial score (nSPS) is 34.3. The molecule has 2 unspecified atom stereocenters. The lowest BCUT2D eigenvalue weighted by Crippen LogP contribution is -2.64. The first-order valence-electron chi connectivity index (χ1n) is 8.27. The van der Waals surface area contributed by atoms with E-state index in [0.29, 0.717) is 17.9 Å². The summed E-state index contributed by atoms with van der Waals surface area (Å²) in [4.78, 5) is 15.4. The highest BCUT2D eigenvalue weighted by Crippen LogP contribution is 2.43. The van der Waals surface area contributed by atoms with Gasteiger partial charge in [-0.1, -0.05) is 18.2 Å². The van der Waals surface area contributed by atoms with E-state index < -0.39 is 0 Å². The number of rotatable bonds is 2. The van der Waals surface area contributed by atoms with Crippen molar-refractivity contribution >= 4 is 39.7 Å². The average molecular weight is 349 g/mol. The first-order valence-corrected chi connectivity index (χ1v) is 9.15. The third kappa shape index (κ3) is 2.48. The van der Waals surface area contributed by atoms with Crippen LogP contribution in [-0.4, -0.2) is 36.5 Å². The van der Waals surface area contributed by atoms with Crippen LogP contribution >= 0.6 is 23.7 Å². The summed E-state index contributed by atoms with van der Waals surface area (Å²) in [6.07, 6.45) is 2.62. The summed E-state index contributed by atoms with van der Waals surface area (Å²) in [6, 6.07) is 8.59. The van der Waals surface area contributed by atoms with Crippen molar-refractivity contribution in [2.24, 2.45) is 17.8 Å². The Morgan fingerprint density at radius 2 is 1.87 bits per heavy atom. The van der Waals surface area contributed by atoms with Crippen LogP contribution in [0.4, 0.5) is 0 Å². The molecule has 4 heterocycles. The molecule has 3 saturated heterocycles. The molecule has 3 aliphatic heterocycles. The van der Waals surface area contributed by atoms with Gasteiger partial charge in [0.1, 0.15) is 0 Å². The van der Waals surface area contributed by atoms with Crippen LogP contribution in [0.2, 0.25) is 0 Å². The molecule has 1 amide bonds. The minimum absolute atomic E-state index is 0. The highest BCUT2D eigenvalue weighted by Gasteiger charge is 2.47. The van der Waals surface area contributed by atoms with Crippen molar-refractivity contribution in [2.45, 2.75) is 18.9 Å². The van der Waals surface area contributed by atoms with Crippen molar-refractivity contribution < 1.29 is 4.79 Å². The smallest absolute Gasteiger partial charge is 0.252 e. The minimum Gasteiger partial charge on any atom is -0.349 e. The molecule has 122 valence electrons. The van der Waals surface area contributed by atoms with Crippen molar-refractivity contribution in [1.29, 1.82) is 0 Å². The summed E-state index contributed by atoms with van der Waals surface area (Å²) in [5, 5.41) is 6.51. The minimum atomic E-state index is 0. The number of piperidine rings is 3. The van der Waals surface area contributed by atoms with E-state index in [-0.39, 0.29) is 18.3 Å². The van der Waals surface area contributed by atoms with Crippen molar-refractivity contribution in [3.05, 3.63) is 35.2 Å². The molecule has 5 heteroatoms. The first-order chi connectivity index (χ1) is 10.8. The molecule has 2 aromatic rings. The lowest BCUT2D eigenvalue weighted by atomic mass is 9.65. The second kappa shape index (κ2) is 5.76. The van der Waals surface area contributed by atoms with Gasteiger partial charge < -0.3 is 10.2 Å². The van der Waals surface area contributed by atoms with Gasteiger partial charge in [0.05, 0.1) is 5.56 Å². The summed E-state index contributed by atoms with van der Waals surface area (Å²) in [6.45, 7) is 3.66. The number of nitrogens with zero attached hydrogens (tertiary/aromatic N) is 1. The third-order valence-corrected chi connectivity index (χ3v) is 6.78. The molecule has 4 bridgehead atoms. The predicted molar refractivity (Wildman–Crippen MR) is 96.5 cm³/mol. The fourth-order valence-electron chi connectivity index (χ4n) is 5.03. The van der Waals surface area contributed by atoms with E-state index in [1.165, 1.54) is 37.2 Å². The first kappa shape index (κ1) is 15.4. The Morgan fingerprint density at radius 3 is 2.61 bits per heavy atom. The van der Waals surface area contributed by atoms with Crippen LogP contribution in [0.25, 0.3) is 10.1 Å². The van der Waals surface area contributed by atoms with Gasteiger partial charge in [0.2, 0.25) is 0 Å². The Labute approximate surface area is 146 Å². The maximum absolute atomic E-state index is 12.8. The maximum Gasteiger partial charge on any atom is 0.252 e. The summed E-state index contributed by atoms with van der Waals surface area (Å²) in [5.41, 5.74) is 0.856. The van der Waals surface area contributed by atoms with Gasteiger partial charge in [-0.25, -0.2) is 0 Å². The number of carbonyl (C=O) groups excluding carboxylic acids is 1. The molecule has 0 radical (unpaired) electrons. The monoisotopic (exact) mass is 348 g/mol. The number of thiophene rings is 1. The SMILES string of the molecule is Cl.O=C(NC1C2CC3CC1CN(C3)C2)c1csc2ccccc12. The molecule has 6 rings (SSSR count). The predicted octanol–water partition coefficient (Wildman–Crippen LogP) is 3.39. The maximum atomic E-state index is 12.8. The fraction of sp³-hybridized carbons (Fsp3) is 0.500. The van der Waals surface area contributed by atoms with Crippen molar-refractivity contribution in [3.63, 3.8) is 0 Å². The van der Waals surface area contributed by atoms with Gasteiger partial charge in [-0.05, 0) is 36.7 Å². The number of amides is 1. The molecule has 3 nitrogen and oxygen atoms in total. The van der Waals surface area contributed by atoms with E-state index in [4.69, 9.17) is 0 Å². The number of hydrogen-bond acceptors (Lipinski definition) is 3. The van der Waals surface area contributed by atoms with Crippen LogP contribution in [0.1, 0.15) is 23.2 Å². The molecule has 1 N–H and O–H groups in total. The van der Waals surface area contributed by atoms with Gasteiger partial charge in [-0.2, -0.15) is 0 Å². The number of hydrogen-bond donors (Lipinski definition) is 1. The molecule has 1 aliphatic carbocycles. The number of carbonyl (C=O) groups is 1. The van der Waals surface area contributed by atoms with E-state index in [2.05, 4.69) is 22.3 Å². The number of nitrogens with one attached hydrogen (secondary N) is 1. The molecule has 4 aliphatic rings. The Morgan fingerprint density at radius 1 is 1.13 bits per heavy atom. The second-order valence-electron chi connectivity index (χ2n) is 7.22. The zero-order chi connectivity index (χ0) is 14.7. The highest BCUT2D eigenvalue weighted by atomic mass is 35.5. The molecule has 23 heavy (non-hydrogen) atoms. The third-order valence-electron chi connectivity index (χ3n) is 5.81. The van der Waals surface area contributed by atoms with Crippen LogP contribution in [0.5, 0.6) is 0 Å². The topological polar surface area (TPSA) is 32.3 Å². The summed E-state index contributed by atoms with van der Waals surface area (Å²) >= 11 is 1.66. The Balaban J connectivity index is 0.00000135. The zero-order valence-corrected chi connectivity index (χ0v) is 14.5. The van der Waals surface area contributed by atoms with E-state index in [0.717, 1.165) is 16.9 Å². The van der Waals surface area contributed by atoms with Crippen LogP contribution < -0.4 is 5.32 Å². The lowest BCUT2D eigenvalue weighted by molar-refractivity contribution is -0.0418. The van der Waals surface area contributed by atoms with Crippen molar-refractivity contribution in [3.8, 4) is 0 Å². The standard InChI is InChI=1S/C18H20N2OS.ClH/c21-18(15-10-22-16-4-2-1-3-14(15)16)19-17-12-5-11-6-13(17)9-20(7-11)8-12;/h1-4,10-13,17H,5-9H2,(H,19,21);1H. The summed E-state index contributed by atoms with van der Waals surface area (Å²) < 4.78 is 1.20. The largest absolute Gasteiger partial charge is 0.349 e. The average Bonchev–Trinajstić information content (AvgIpc) is 2.94. The lowest BCUT2D eigenvalue weighted by Gasteiger charge is -2.55. The highest BCUT2D eigenvalue weighted by molar-refractivity contribution is 7.17. The van der Waals surface area contributed by atoms with Crippen LogP contribution in [0, 0.1) is 17.8 Å². The number of halogens is 1. The van der Waals surface area contributed by atoms with E-state index in [9.17, 15) is 4.79 Å². The Hall–Kier alpha value is -1.10. The molecule has 1 aromatic carbocycles. The quantitative estimate of drug-likeness (QED) is 0.902. The van der Waals surface area contributed by atoms with Gasteiger partial charge in [-0.3, -0.25) is 4.79 Å². The zero-order valence-electron chi connectivity index (χ0n) is 12.9. The van der Waals surface area contributed by atoms with Crippen LogP contribution in [0.3, 0.4) is 0 Å². The Kier molecular flexibility index (Phi) is 3.87. The van der Waals surface area contributed by atoms with E-state index >= 15 is 0 Å².